The van der Waals surface area contributed by atoms with Gasteiger partial charge in [0.25, 0.3) is 0 Å². The number of benzene rings is 4. The first-order valence-corrected chi connectivity index (χ1v) is 10.3. The molecule has 0 bridgehead atoms. The van der Waals surface area contributed by atoms with Gasteiger partial charge in [-0.15, -0.1) is 0 Å². The molecule has 0 heterocycles. The second-order valence-electron chi connectivity index (χ2n) is 8.17. The average molecular weight is 406 g/mol. The molecule has 1 aliphatic rings. The Kier molecular flexibility index (Phi) is 4.23. The Morgan fingerprint density at radius 3 is 1.45 bits per heavy atom. The highest BCUT2D eigenvalue weighted by atomic mass is 16.3. The molecule has 3 heteroatoms. The number of phenols is 2. The van der Waals surface area contributed by atoms with E-state index in [0.29, 0.717) is 11.1 Å². The normalized spacial score (nSPS) is 14.1. The lowest BCUT2D eigenvalue weighted by Crippen LogP contribution is -2.38. The Hall–Kier alpha value is -3.85. The van der Waals surface area contributed by atoms with Gasteiger partial charge in [0.15, 0.2) is 5.78 Å². The highest BCUT2D eigenvalue weighted by molar-refractivity contribution is 6.14. The van der Waals surface area contributed by atoms with Gasteiger partial charge in [-0.25, -0.2) is 0 Å². The van der Waals surface area contributed by atoms with Gasteiger partial charge >= 0.3 is 0 Å². The maximum Gasteiger partial charge on any atom is 0.193 e. The number of hydrogen-bond donors (Lipinski definition) is 2. The number of phenolic OH excluding ortho intramolecular Hbond substituents is 2. The fourth-order valence-corrected chi connectivity index (χ4v) is 4.87. The lowest BCUT2D eigenvalue weighted by atomic mass is 9.59. The molecule has 0 unspecified atom stereocenters. The second kappa shape index (κ2) is 6.85. The van der Waals surface area contributed by atoms with E-state index in [-0.39, 0.29) is 17.3 Å². The summed E-state index contributed by atoms with van der Waals surface area (Å²) in [5.41, 5.74) is 5.80. The minimum absolute atomic E-state index is 0.00725. The van der Waals surface area contributed by atoms with Crippen LogP contribution in [-0.2, 0) is 5.41 Å². The van der Waals surface area contributed by atoms with Crippen molar-refractivity contribution in [2.24, 2.45) is 0 Å². The van der Waals surface area contributed by atoms with Crippen molar-refractivity contribution in [2.45, 2.75) is 19.3 Å². The molecule has 2 N–H and O–H groups in total. The number of rotatable bonds is 2. The molecule has 0 saturated heterocycles. The first kappa shape index (κ1) is 19.1. The molecule has 4 aromatic carbocycles. The van der Waals surface area contributed by atoms with Crippen LogP contribution in [0.15, 0.2) is 84.9 Å². The smallest absolute Gasteiger partial charge is 0.193 e. The lowest BCUT2D eigenvalue weighted by Gasteiger charge is -2.42. The van der Waals surface area contributed by atoms with E-state index in [1.165, 1.54) is 0 Å². The number of hydrogen-bond acceptors (Lipinski definition) is 3. The van der Waals surface area contributed by atoms with Crippen molar-refractivity contribution in [1.82, 2.24) is 0 Å². The SMILES string of the molecule is Cc1cc(C2(c3ccc(O)c(C)c3)c3ccccc3C(=O)c3ccccc32)ccc1O. The molecule has 0 spiro atoms. The van der Waals surface area contributed by atoms with Crippen LogP contribution in [-0.4, -0.2) is 16.0 Å². The number of ketones is 1. The summed E-state index contributed by atoms with van der Waals surface area (Å²) < 4.78 is 0. The summed E-state index contributed by atoms with van der Waals surface area (Å²) in [6.45, 7) is 3.75. The van der Waals surface area contributed by atoms with E-state index < -0.39 is 5.41 Å². The van der Waals surface area contributed by atoms with Gasteiger partial charge in [-0.2, -0.15) is 0 Å². The highest BCUT2D eigenvalue weighted by Crippen LogP contribution is 2.51. The van der Waals surface area contributed by atoms with Crippen molar-refractivity contribution in [3.8, 4) is 11.5 Å². The number of fused-ring (bicyclic) bond motifs is 2. The third-order valence-electron chi connectivity index (χ3n) is 6.41. The zero-order chi connectivity index (χ0) is 21.8. The summed E-state index contributed by atoms with van der Waals surface area (Å²) in [7, 11) is 0. The number of aryl methyl sites for hydroxylation is 2. The molecule has 31 heavy (non-hydrogen) atoms. The maximum atomic E-state index is 13.4. The van der Waals surface area contributed by atoms with Crippen LogP contribution in [0, 0.1) is 13.8 Å². The van der Waals surface area contributed by atoms with Crippen LogP contribution in [0.5, 0.6) is 11.5 Å². The van der Waals surface area contributed by atoms with Crippen molar-refractivity contribution < 1.29 is 15.0 Å². The van der Waals surface area contributed by atoms with Crippen LogP contribution in [0.4, 0.5) is 0 Å². The molecule has 0 aromatic heterocycles. The van der Waals surface area contributed by atoms with Gasteiger partial charge in [-0.1, -0.05) is 72.8 Å². The van der Waals surface area contributed by atoms with E-state index in [0.717, 1.165) is 33.4 Å². The molecule has 0 saturated carbocycles. The minimum Gasteiger partial charge on any atom is -0.508 e. The molecule has 5 rings (SSSR count). The van der Waals surface area contributed by atoms with Crippen molar-refractivity contribution in [3.63, 3.8) is 0 Å². The molecular formula is C28H22O3. The van der Waals surface area contributed by atoms with Crippen molar-refractivity contribution in [2.75, 3.05) is 0 Å². The molecule has 152 valence electrons. The Labute approximate surface area is 181 Å². The van der Waals surface area contributed by atoms with Gasteiger partial charge < -0.3 is 10.2 Å². The van der Waals surface area contributed by atoms with E-state index in [1.807, 2.05) is 86.6 Å². The monoisotopic (exact) mass is 406 g/mol. The van der Waals surface area contributed by atoms with E-state index in [2.05, 4.69) is 0 Å². The van der Waals surface area contributed by atoms with E-state index >= 15 is 0 Å². The fourth-order valence-electron chi connectivity index (χ4n) is 4.87. The third-order valence-corrected chi connectivity index (χ3v) is 6.41. The van der Waals surface area contributed by atoms with Crippen LogP contribution in [0.1, 0.15) is 49.3 Å². The van der Waals surface area contributed by atoms with Gasteiger partial charge in [0.1, 0.15) is 11.5 Å². The van der Waals surface area contributed by atoms with Crippen LogP contribution >= 0.6 is 0 Å². The molecule has 0 atom stereocenters. The summed E-state index contributed by atoms with van der Waals surface area (Å²) >= 11 is 0. The van der Waals surface area contributed by atoms with E-state index in [9.17, 15) is 15.0 Å². The molecule has 0 aliphatic heterocycles. The Balaban J connectivity index is 2.00. The van der Waals surface area contributed by atoms with Crippen molar-refractivity contribution in [3.05, 3.63) is 129 Å². The predicted octanol–water partition coefficient (Wildman–Crippen LogP) is 5.64. The van der Waals surface area contributed by atoms with Gasteiger partial charge in [-0.05, 0) is 59.4 Å². The molecule has 0 amide bonds. The summed E-state index contributed by atoms with van der Waals surface area (Å²) in [6, 6.07) is 26.7. The number of aromatic hydroxyl groups is 2. The second-order valence-corrected chi connectivity index (χ2v) is 8.17. The molecule has 0 radical (unpaired) electrons. The van der Waals surface area contributed by atoms with E-state index in [1.54, 1.807) is 12.1 Å². The molecular weight excluding hydrogens is 384 g/mol. The third kappa shape index (κ3) is 2.63. The summed E-state index contributed by atoms with van der Waals surface area (Å²) in [5.74, 6) is 0.469. The lowest BCUT2D eigenvalue weighted by molar-refractivity contribution is 0.103. The zero-order valence-electron chi connectivity index (χ0n) is 17.4. The minimum atomic E-state index is -0.766. The van der Waals surface area contributed by atoms with Crippen LogP contribution in [0.25, 0.3) is 0 Å². The van der Waals surface area contributed by atoms with Gasteiger partial charge in [-0.3, -0.25) is 4.79 Å². The zero-order valence-corrected chi connectivity index (χ0v) is 17.4. The maximum absolute atomic E-state index is 13.4. The predicted molar refractivity (Wildman–Crippen MR) is 121 cm³/mol. The van der Waals surface area contributed by atoms with E-state index in [4.69, 9.17) is 0 Å². The Morgan fingerprint density at radius 2 is 1.03 bits per heavy atom. The summed E-state index contributed by atoms with van der Waals surface area (Å²) in [4.78, 5) is 13.4. The molecule has 3 nitrogen and oxygen atoms in total. The summed E-state index contributed by atoms with van der Waals surface area (Å²) in [5, 5.41) is 20.4. The topological polar surface area (TPSA) is 57.5 Å². The molecule has 1 aliphatic carbocycles. The standard InChI is InChI=1S/C28H22O3/c1-17-15-19(11-13-25(17)29)28(20-12-14-26(30)18(2)16-20)23-9-5-3-7-21(23)27(31)22-8-4-6-10-24(22)28/h3-16,29-30H,1-2H3. The van der Waals surface area contributed by atoms with Crippen LogP contribution < -0.4 is 0 Å². The quantitative estimate of drug-likeness (QED) is 0.399. The molecule has 4 aromatic rings. The van der Waals surface area contributed by atoms with Crippen LogP contribution in [0.2, 0.25) is 0 Å². The largest absolute Gasteiger partial charge is 0.508 e. The van der Waals surface area contributed by atoms with Crippen LogP contribution in [0.3, 0.4) is 0 Å². The Bertz CT molecular complexity index is 1250. The van der Waals surface area contributed by atoms with Gasteiger partial charge in [0.2, 0.25) is 0 Å². The fraction of sp³-hybridized carbons (Fsp3) is 0.107. The molecule has 0 fully saturated rings. The first-order chi connectivity index (χ1) is 14.9. The highest BCUT2D eigenvalue weighted by Gasteiger charge is 2.46. The number of carbonyl (C=O) groups excluding carboxylic acids is 1. The van der Waals surface area contributed by atoms with Crippen molar-refractivity contribution >= 4 is 5.78 Å². The van der Waals surface area contributed by atoms with Gasteiger partial charge in [0, 0.05) is 11.1 Å². The van der Waals surface area contributed by atoms with Crippen molar-refractivity contribution in [1.29, 1.82) is 0 Å². The summed E-state index contributed by atoms with van der Waals surface area (Å²) in [6.07, 6.45) is 0. The Morgan fingerprint density at radius 1 is 0.613 bits per heavy atom. The number of carbonyl (C=O) groups is 1. The van der Waals surface area contributed by atoms with Gasteiger partial charge in [0.05, 0.1) is 5.41 Å². The average Bonchev–Trinajstić information content (AvgIpc) is 2.79. The first-order valence-electron chi connectivity index (χ1n) is 10.3.